The number of benzene rings is 3. The number of methoxy groups -OCH3 is 1. The minimum atomic E-state index is -1.03. The Bertz CT molecular complexity index is 1220. The molecule has 0 bridgehead atoms. The van der Waals surface area contributed by atoms with Gasteiger partial charge in [-0.1, -0.05) is 51.1 Å². The topological polar surface area (TPSA) is 112 Å². The number of ether oxygens (including phenoxy) is 4. The van der Waals surface area contributed by atoms with E-state index in [1.54, 1.807) is 6.07 Å². The molecule has 0 heterocycles. The molecule has 39 heavy (non-hydrogen) atoms. The van der Waals surface area contributed by atoms with Gasteiger partial charge >= 0.3 is 11.9 Å². The van der Waals surface area contributed by atoms with E-state index in [9.17, 15) is 19.8 Å². The van der Waals surface area contributed by atoms with Gasteiger partial charge in [0.25, 0.3) is 0 Å². The van der Waals surface area contributed by atoms with Gasteiger partial charge in [-0.25, -0.2) is 9.59 Å². The highest BCUT2D eigenvalue weighted by atomic mass is 16.5. The van der Waals surface area contributed by atoms with Crippen molar-refractivity contribution in [3.05, 3.63) is 95.1 Å². The van der Waals surface area contributed by atoms with E-state index in [-0.39, 0.29) is 36.4 Å². The van der Waals surface area contributed by atoms with Crippen LogP contribution in [0.1, 0.15) is 59.0 Å². The molecule has 208 valence electrons. The van der Waals surface area contributed by atoms with Gasteiger partial charge in [0, 0.05) is 5.41 Å². The van der Waals surface area contributed by atoms with Gasteiger partial charge in [0.05, 0.1) is 24.3 Å². The van der Waals surface area contributed by atoms with Crippen molar-refractivity contribution in [2.24, 2.45) is 0 Å². The van der Waals surface area contributed by atoms with Crippen molar-refractivity contribution in [2.75, 3.05) is 26.9 Å². The molecule has 2 unspecified atom stereocenters. The van der Waals surface area contributed by atoms with Gasteiger partial charge in [-0.15, -0.1) is 0 Å². The van der Waals surface area contributed by atoms with Gasteiger partial charge in [-0.3, -0.25) is 0 Å². The molecule has 8 nitrogen and oxygen atoms in total. The fraction of sp³-hybridized carbons (Fsp3) is 0.355. The summed E-state index contributed by atoms with van der Waals surface area (Å²) in [5.74, 6) is 0.0672. The zero-order valence-electron chi connectivity index (χ0n) is 22.8. The van der Waals surface area contributed by atoms with E-state index in [0.29, 0.717) is 17.9 Å². The largest absolute Gasteiger partial charge is 0.491 e. The van der Waals surface area contributed by atoms with Crippen molar-refractivity contribution in [3.63, 3.8) is 0 Å². The predicted octanol–water partition coefficient (Wildman–Crippen LogP) is 4.55. The van der Waals surface area contributed by atoms with Gasteiger partial charge in [0.15, 0.2) is 0 Å². The summed E-state index contributed by atoms with van der Waals surface area (Å²) in [4.78, 5) is 23.9. The number of rotatable bonds is 13. The second-order valence-electron chi connectivity index (χ2n) is 9.68. The number of aliphatic hydroxyl groups excluding tert-OH is 2. The molecule has 0 aliphatic heterocycles. The Morgan fingerprint density at radius 3 is 1.72 bits per heavy atom. The molecule has 3 rings (SSSR count). The first-order chi connectivity index (χ1) is 18.6. The van der Waals surface area contributed by atoms with E-state index in [1.165, 1.54) is 25.3 Å². The molecule has 0 saturated heterocycles. The first-order valence-corrected chi connectivity index (χ1v) is 12.8. The minimum absolute atomic E-state index is 0.0631. The van der Waals surface area contributed by atoms with Crippen LogP contribution in [0.25, 0.3) is 0 Å². The summed E-state index contributed by atoms with van der Waals surface area (Å²) in [6.07, 6.45) is -0.866. The minimum Gasteiger partial charge on any atom is -0.491 e. The smallest absolute Gasteiger partial charge is 0.338 e. The van der Waals surface area contributed by atoms with Gasteiger partial charge in [-0.05, 0) is 60.0 Å². The second kappa shape index (κ2) is 13.8. The summed E-state index contributed by atoms with van der Waals surface area (Å²) >= 11 is 0. The quantitative estimate of drug-likeness (QED) is 0.306. The predicted molar refractivity (Wildman–Crippen MR) is 146 cm³/mol. The molecule has 0 aliphatic rings. The van der Waals surface area contributed by atoms with Crippen LogP contribution in [0.3, 0.4) is 0 Å². The highest BCUT2D eigenvalue weighted by molar-refractivity contribution is 5.95. The number of aliphatic hydroxyl groups is 2. The average molecular weight is 537 g/mol. The summed E-state index contributed by atoms with van der Waals surface area (Å²) in [5, 5.41) is 19.9. The Kier molecular flexibility index (Phi) is 10.5. The molecule has 2 atom stereocenters. The van der Waals surface area contributed by atoms with E-state index >= 15 is 0 Å². The summed E-state index contributed by atoms with van der Waals surface area (Å²) in [5.41, 5.74) is 2.32. The van der Waals surface area contributed by atoms with E-state index < -0.39 is 24.1 Å². The Labute approximate surface area is 229 Å². The van der Waals surface area contributed by atoms with Crippen LogP contribution in [0.4, 0.5) is 0 Å². The Hall–Kier alpha value is -3.88. The number of esters is 2. The lowest BCUT2D eigenvalue weighted by atomic mass is 9.78. The Morgan fingerprint density at radius 2 is 1.23 bits per heavy atom. The maximum atomic E-state index is 12.3. The maximum absolute atomic E-state index is 12.3. The van der Waals surface area contributed by atoms with Gasteiger partial charge < -0.3 is 29.2 Å². The van der Waals surface area contributed by atoms with Crippen LogP contribution in [-0.4, -0.2) is 61.3 Å². The lowest BCUT2D eigenvalue weighted by Gasteiger charge is -2.26. The molecule has 0 aliphatic carbocycles. The van der Waals surface area contributed by atoms with Crippen molar-refractivity contribution >= 4 is 11.9 Å². The third-order valence-corrected chi connectivity index (χ3v) is 6.43. The molecular formula is C31H36O8. The summed E-state index contributed by atoms with van der Waals surface area (Å²) in [6, 6.07) is 21.4. The van der Waals surface area contributed by atoms with Gasteiger partial charge in [-0.2, -0.15) is 0 Å². The van der Waals surface area contributed by atoms with Crippen LogP contribution in [0.15, 0.2) is 72.8 Å². The SMILES string of the molecule is CCC(O)COc1ccc(C(C)(C)c2ccc(OCC(O)COC(=O)c3cccc(C(=O)OC)c3)cc2)cc1. The Balaban J connectivity index is 1.50. The van der Waals surface area contributed by atoms with E-state index in [2.05, 4.69) is 18.6 Å². The lowest BCUT2D eigenvalue weighted by molar-refractivity contribution is 0.0130. The summed E-state index contributed by atoms with van der Waals surface area (Å²) in [6.45, 7) is 6.10. The molecule has 0 radical (unpaired) electrons. The molecule has 0 amide bonds. The van der Waals surface area contributed by atoms with Crippen LogP contribution < -0.4 is 9.47 Å². The Morgan fingerprint density at radius 1 is 0.744 bits per heavy atom. The molecule has 0 fully saturated rings. The first-order valence-electron chi connectivity index (χ1n) is 12.8. The standard InChI is InChI=1S/C31H36O8/c1-5-25(32)18-37-27-13-9-23(10-14-27)31(2,3)24-11-15-28(16-12-24)38-19-26(33)20-39-30(35)22-8-6-7-21(17-22)29(34)36-4/h6-17,25-26,32-33H,5,18-20H2,1-4H3. The second-order valence-corrected chi connectivity index (χ2v) is 9.68. The van der Waals surface area contributed by atoms with Crippen LogP contribution in [0, 0.1) is 0 Å². The molecule has 3 aromatic carbocycles. The molecule has 8 heteroatoms. The molecule has 2 N–H and O–H groups in total. The maximum Gasteiger partial charge on any atom is 0.338 e. The molecule has 0 spiro atoms. The van der Waals surface area contributed by atoms with Crippen molar-refractivity contribution in [1.29, 1.82) is 0 Å². The number of carbonyl (C=O) groups excluding carboxylic acids is 2. The van der Waals surface area contributed by atoms with Gasteiger partial charge in [0.2, 0.25) is 0 Å². The average Bonchev–Trinajstić information content (AvgIpc) is 2.97. The van der Waals surface area contributed by atoms with Crippen LogP contribution in [0.5, 0.6) is 11.5 Å². The number of carbonyl (C=O) groups is 2. The first kappa shape index (κ1) is 29.7. The van der Waals surface area contributed by atoms with E-state index in [1.807, 2.05) is 55.5 Å². The number of hydrogen-bond donors (Lipinski definition) is 2. The molecular weight excluding hydrogens is 500 g/mol. The van der Waals surface area contributed by atoms with Crippen LogP contribution in [0.2, 0.25) is 0 Å². The third kappa shape index (κ3) is 8.30. The van der Waals surface area contributed by atoms with Crippen molar-refractivity contribution in [2.45, 2.75) is 44.8 Å². The van der Waals surface area contributed by atoms with Crippen molar-refractivity contribution < 1.29 is 38.7 Å². The zero-order chi connectivity index (χ0) is 28.4. The molecule has 3 aromatic rings. The molecule has 0 saturated carbocycles. The van der Waals surface area contributed by atoms with Crippen LogP contribution in [-0.2, 0) is 14.9 Å². The van der Waals surface area contributed by atoms with E-state index in [4.69, 9.17) is 14.2 Å². The number of hydrogen-bond acceptors (Lipinski definition) is 8. The third-order valence-electron chi connectivity index (χ3n) is 6.43. The summed E-state index contributed by atoms with van der Waals surface area (Å²) < 4.78 is 21.1. The van der Waals surface area contributed by atoms with E-state index in [0.717, 1.165) is 11.1 Å². The normalized spacial score (nSPS) is 12.8. The summed E-state index contributed by atoms with van der Waals surface area (Å²) in [7, 11) is 1.26. The van der Waals surface area contributed by atoms with Crippen LogP contribution >= 0.6 is 0 Å². The molecule has 0 aromatic heterocycles. The van der Waals surface area contributed by atoms with Crippen molar-refractivity contribution in [1.82, 2.24) is 0 Å². The van der Waals surface area contributed by atoms with Crippen molar-refractivity contribution in [3.8, 4) is 11.5 Å². The zero-order valence-corrected chi connectivity index (χ0v) is 22.8. The fourth-order valence-corrected chi connectivity index (χ4v) is 3.80. The highest BCUT2D eigenvalue weighted by Gasteiger charge is 2.23. The lowest BCUT2D eigenvalue weighted by Crippen LogP contribution is -2.25. The fourth-order valence-electron chi connectivity index (χ4n) is 3.80. The van der Waals surface area contributed by atoms with Gasteiger partial charge in [0.1, 0.15) is 37.4 Å². The highest BCUT2D eigenvalue weighted by Crippen LogP contribution is 2.33. The monoisotopic (exact) mass is 536 g/mol.